The molecule has 2 N–H and O–H groups in total. The Labute approximate surface area is 135 Å². The lowest BCUT2D eigenvalue weighted by Gasteiger charge is -2.17. The molecular weight excluding hydrogens is 290 g/mol. The van der Waals surface area contributed by atoms with Crippen LogP contribution in [-0.2, 0) is 16.0 Å². The summed E-state index contributed by atoms with van der Waals surface area (Å²) in [4.78, 5) is 23.0. The number of benzene rings is 2. The van der Waals surface area contributed by atoms with Gasteiger partial charge in [-0.15, -0.1) is 0 Å². The van der Waals surface area contributed by atoms with Gasteiger partial charge in [-0.25, -0.2) is 0 Å². The highest BCUT2D eigenvalue weighted by Crippen LogP contribution is 2.34. The van der Waals surface area contributed by atoms with Gasteiger partial charge in [0, 0.05) is 0 Å². The first kappa shape index (κ1) is 15.3. The Bertz CT molecular complexity index is 740. The van der Waals surface area contributed by atoms with Crippen LogP contribution < -0.4 is 5.32 Å². The number of nitrogens with one attached hydrogen (secondary N) is 1. The zero-order chi connectivity index (χ0) is 16.4. The van der Waals surface area contributed by atoms with Crippen LogP contribution in [0.5, 0.6) is 0 Å². The molecule has 0 saturated carbocycles. The second-order valence-corrected chi connectivity index (χ2v) is 5.94. The average Bonchev–Trinajstić information content (AvgIpc) is 2.97. The molecule has 0 spiro atoms. The van der Waals surface area contributed by atoms with Crippen LogP contribution in [0.3, 0.4) is 0 Å². The molecule has 0 aliphatic heterocycles. The number of amides is 1. The van der Waals surface area contributed by atoms with Gasteiger partial charge in [-0.2, -0.15) is 0 Å². The predicted molar refractivity (Wildman–Crippen MR) is 87.9 cm³/mol. The molecule has 4 nitrogen and oxygen atoms in total. The van der Waals surface area contributed by atoms with Crippen LogP contribution in [0.15, 0.2) is 48.5 Å². The van der Waals surface area contributed by atoms with Crippen molar-refractivity contribution in [1.29, 1.82) is 0 Å². The fourth-order valence-electron chi connectivity index (χ4n) is 2.97. The summed E-state index contributed by atoms with van der Waals surface area (Å²) < 4.78 is 0. The van der Waals surface area contributed by atoms with Gasteiger partial charge in [0.25, 0.3) is 0 Å². The Morgan fingerprint density at radius 2 is 1.87 bits per heavy atom. The molecule has 1 amide bonds. The van der Waals surface area contributed by atoms with Gasteiger partial charge in [0.2, 0.25) is 5.91 Å². The molecule has 0 saturated heterocycles. The van der Waals surface area contributed by atoms with Crippen molar-refractivity contribution in [2.75, 3.05) is 0 Å². The second kappa shape index (κ2) is 6.24. The molecule has 1 aliphatic carbocycles. The summed E-state index contributed by atoms with van der Waals surface area (Å²) in [5.41, 5.74) is 4.55. The Balaban J connectivity index is 1.84. The van der Waals surface area contributed by atoms with Crippen LogP contribution in [0.1, 0.15) is 30.5 Å². The van der Waals surface area contributed by atoms with Gasteiger partial charge in [-0.1, -0.05) is 42.5 Å². The minimum Gasteiger partial charge on any atom is -0.481 e. The maximum atomic E-state index is 12.0. The molecule has 23 heavy (non-hydrogen) atoms. The smallest absolute Gasteiger partial charge is 0.315 e. The number of hydrogen-bond donors (Lipinski definition) is 2. The Kier molecular flexibility index (Phi) is 4.15. The second-order valence-electron chi connectivity index (χ2n) is 5.94. The quantitative estimate of drug-likeness (QED) is 0.852. The largest absolute Gasteiger partial charge is 0.481 e. The van der Waals surface area contributed by atoms with E-state index in [0.717, 1.165) is 29.5 Å². The summed E-state index contributed by atoms with van der Waals surface area (Å²) in [7, 11) is 0. The van der Waals surface area contributed by atoms with E-state index < -0.39 is 17.8 Å². The van der Waals surface area contributed by atoms with E-state index in [-0.39, 0.29) is 6.04 Å². The van der Waals surface area contributed by atoms with Crippen molar-refractivity contribution in [1.82, 2.24) is 5.32 Å². The number of hydrogen-bond acceptors (Lipinski definition) is 2. The molecule has 0 fully saturated rings. The molecule has 0 heterocycles. The summed E-state index contributed by atoms with van der Waals surface area (Å²) in [6, 6.07) is 16.3. The number of aryl methyl sites for hydroxylation is 1. The fourth-order valence-corrected chi connectivity index (χ4v) is 2.97. The Morgan fingerprint density at radius 1 is 1.13 bits per heavy atom. The molecule has 2 aromatic rings. The minimum atomic E-state index is -1.10. The molecule has 0 radical (unpaired) electrons. The summed E-state index contributed by atoms with van der Waals surface area (Å²) >= 11 is 0. The number of fused-ring (bicyclic) bond motifs is 1. The lowest BCUT2D eigenvalue weighted by molar-refractivity contribution is -0.146. The zero-order valence-electron chi connectivity index (χ0n) is 13.0. The van der Waals surface area contributed by atoms with Crippen LogP contribution in [-0.4, -0.2) is 17.0 Å². The van der Waals surface area contributed by atoms with E-state index in [2.05, 4.69) is 35.6 Å². The Morgan fingerprint density at radius 3 is 2.57 bits per heavy atom. The third-order valence-corrected chi connectivity index (χ3v) is 4.41. The first-order chi connectivity index (χ1) is 11.1. The van der Waals surface area contributed by atoms with E-state index >= 15 is 0 Å². The maximum absolute atomic E-state index is 12.0. The van der Waals surface area contributed by atoms with Gasteiger partial charge in [0.15, 0.2) is 0 Å². The van der Waals surface area contributed by atoms with E-state index in [9.17, 15) is 9.59 Å². The summed E-state index contributed by atoms with van der Waals surface area (Å²) in [5, 5.41) is 11.8. The lowest BCUT2D eigenvalue weighted by Crippen LogP contribution is -2.35. The molecule has 2 unspecified atom stereocenters. The molecule has 118 valence electrons. The van der Waals surface area contributed by atoms with Crippen LogP contribution in [0.4, 0.5) is 0 Å². The van der Waals surface area contributed by atoms with Gasteiger partial charge in [-0.05, 0) is 48.1 Å². The first-order valence-electron chi connectivity index (χ1n) is 7.77. The summed E-state index contributed by atoms with van der Waals surface area (Å²) in [6.07, 6.45) is 1.71. The van der Waals surface area contributed by atoms with E-state index in [1.165, 1.54) is 12.5 Å². The van der Waals surface area contributed by atoms with E-state index in [0.29, 0.717) is 0 Å². The van der Waals surface area contributed by atoms with Gasteiger partial charge in [-0.3, -0.25) is 9.59 Å². The van der Waals surface area contributed by atoms with Crippen molar-refractivity contribution in [2.45, 2.75) is 25.8 Å². The molecule has 4 heteroatoms. The first-order valence-corrected chi connectivity index (χ1v) is 7.77. The van der Waals surface area contributed by atoms with Crippen molar-refractivity contribution in [3.8, 4) is 11.1 Å². The fraction of sp³-hybridized carbons (Fsp3) is 0.263. The monoisotopic (exact) mass is 309 g/mol. The van der Waals surface area contributed by atoms with E-state index in [1.54, 1.807) is 0 Å². The summed E-state index contributed by atoms with van der Waals surface area (Å²) in [6.45, 7) is 1.41. The predicted octanol–water partition coefficient (Wildman–Crippen LogP) is 3.18. The highest BCUT2D eigenvalue weighted by Gasteiger charge is 2.28. The number of carbonyl (C=O) groups is 2. The lowest BCUT2D eigenvalue weighted by atomic mass is 9.99. The van der Waals surface area contributed by atoms with Crippen LogP contribution in [0.2, 0.25) is 0 Å². The third-order valence-electron chi connectivity index (χ3n) is 4.41. The van der Waals surface area contributed by atoms with Crippen LogP contribution in [0.25, 0.3) is 11.1 Å². The number of carboxylic acid groups (broad SMARTS) is 1. The average molecular weight is 309 g/mol. The van der Waals surface area contributed by atoms with Crippen LogP contribution in [0, 0.1) is 5.92 Å². The molecule has 3 rings (SSSR count). The molecule has 1 aliphatic rings. The maximum Gasteiger partial charge on any atom is 0.315 e. The minimum absolute atomic E-state index is 0.108. The van der Waals surface area contributed by atoms with Crippen molar-refractivity contribution in [3.05, 3.63) is 59.7 Å². The SMILES string of the molecule is CC(C(=O)O)C(=O)NC1CCc2ccc(-c3ccccc3)cc21. The normalized spacial score (nSPS) is 17.3. The van der Waals surface area contributed by atoms with Crippen molar-refractivity contribution < 1.29 is 14.7 Å². The molecule has 2 aromatic carbocycles. The van der Waals surface area contributed by atoms with E-state index in [4.69, 9.17) is 5.11 Å². The van der Waals surface area contributed by atoms with Gasteiger partial charge in [0.05, 0.1) is 6.04 Å². The highest BCUT2D eigenvalue weighted by atomic mass is 16.4. The van der Waals surface area contributed by atoms with Gasteiger partial charge >= 0.3 is 5.97 Å². The van der Waals surface area contributed by atoms with Crippen LogP contribution >= 0.6 is 0 Å². The molecule has 0 bridgehead atoms. The zero-order valence-corrected chi connectivity index (χ0v) is 13.0. The van der Waals surface area contributed by atoms with Crippen molar-refractivity contribution in [2.24, 2.45) is 5.92 Å². The van der Waals surface area contributed by atoms with Crippen molar-refractivity contribution >= 4 is 11.9 Å². The summed E-state index contributed by atoms with van der Waals surface area (Å²) in [5.74, 6) is -2.56. The number of carbonyl (C=O) groups excluding carboxylic acids is 1. The standard InChI is InChI=1S/C19H19NO3/c1-12(19(22)23)18(21)20-17-10-9-14-7-8-15(11-16(14)17)13-5-3-2-4-6-13/h2-8,11-12,17H,9-10H2,1H3,(H,20,21)(H,22,23). The molecule has 0 aromatic heterocycles. The third kappa shape index (κ3) is 3.11. The van der Waals surface area contributed by atoms with Crippen molar-refractivity contribution in [3.63, 3.8) is 0 Å². The Hall–Kier alpha value is -2.62. The number of aliphatic carboxylic acids is 1. The molecule has 2 atom stereocenters. The highest BCUT2D eigenvalue weighted by molar-refractivity contribution is 5.96. The van der Waals surface area contributed by atoms with E-state index in [1.807, 2.05) is 18.2 Å². The van der Waals surface area contributed by atoms with Gasteiger partial charge in [0.1, 0.15) is 5.92 Å². The van der Waals surface area contributed by atoms with Gasteiger partial charge < -0.3 is 10.4 Å². The number of carboxylic acids is 1. The molecular formula is C19H19NO3. The topological polar surface area (TPSA) is 66.4 Å². The number of rotatable bonds is 4.